The first-order chi connectivity index (χ1) is 14.4. The summed E-state index contributed by atoms with van der Waals surface area (Å²) in [4.78, 5) is 60.1. The number of hydrogen-bond acceptors (Lipinski definition) is 6. The van der Waals surface area contributed by atoms with Crippen LogP contribution in [-0.2, 0) is 14.3 Å². The van der Waals surface area contributed by atoms with Gasteiger partial charge in [-0.1, -0.05) is 30.3 Å². The molecule has 9 heteroatoms. The van der Waals surface area contributed by atoms with E-state index in [9.17, 15) is 19.2 Å². The number of amides is 2. The second kappa shape index (κ2) is 7.74. The monoisotopic (exact) mass is 410 g/mol. The number of hydrogen-bond donors (Lipinski definition) is 1. The van der Waals surface area contributed by atoms with Crippen LogP contribution in [0.15, 0.2) is 41.3 Å². The van der Waals surface area contributed by atoms with Crippen molar-refractivity contribution in [3.8, 4) is 0 Å². The molecule has 0 saturated carbocycles. The summed E-state index contributed by atoms with van der Waals surface area (Å²) >= 11 is 0. The van der Waals surface area contributed by atoms with Crippen LogP contribution in [0.5, 0.6) is 0 Å². The van der Waals surface area contributed by atoms with Gasteiger partial charge in [0.1, 0.15) is 17.9 Å². The van der Waals surface area contributed by atoms with Crippen LogP contribution in [0.3, 0.4) is 0 Å². The van der Waals surface area contributed by atoms with Gasteiger partial charge in [0.25, 0.3) is 11.5 Å². The number of carbonyl (C=O) groups excluding carboxylic acids is 3. The number of nitrogens with zero attached hydrogens (tertiary/aromatic N) is 3. The number of methoxy groups -OCH3 is 1. The molecule has 0 bridgehead atoms. The molecule has 3 atom stereocenters. The summed E-state index contributed by atoms with van der Waals surface area (Å²) in [5.41, 5.74) is 0.204. The summed E-state index contributed by atoms with van der Waals surface area (Å²) in [6, 6.07) is 8.56. The molecular weight excluding hydrogens is 388 g/mol. The molecule has 0 unspecified atom stereocenters. The van der Waals surface area contributed by atoms with Crippen molar-refractivity contribution >= 4 is 17.8 Å². The van der Waals surface area contributed by atoms with Crippen molar-refractivity contribution < 1.29 is 19.1 Å². The maximum Gasteiger partial charge on any atom is 0.311 e. The minimum atomic E-state index is -0.547. The molecular formula is C21H22N4O5. The van der Waals surface area contributed by atoms with Crippen LogP contribution in [0.25, 0.3) is 0 Å². The van der Waals surface area contributed by atoms with Gasteiger partial charge < -0.3 is 19.5 Å². The van der Waals surface area contributed by atoms with Crippen LogP contribution in [0.1, 0.15) is 34.2 Å². The number of rotatable bonds is 3. The molecule has 30 heavy (non-hydrogen) atoms. The first-order valence-corrected chi connectivity index (χ1v) is 9.70. The molecule has 1 aromatic carbocycles. The van der Waals surface area contributed by atoms with E-state index in [4.69, 9.17) is 4.74 Å². The van der Waals surface area contributed by atoms with Gasteiger partial charge in [0.05, 0.1) is 25.1 Å². The number of ether oxygens (including phenoxy) is 1. The highest BCUT2D eigenvalue weighted by molar-refractivity contribution is 5.97. The molecule has 2 aliphatic heterocycles. The third kappa shape index (κ3) is 3.36. The number of H-pyrrole nitrogens is 1. The Bertz CT molecular complexity index is 1050. The molecule has 1 N–H and O–H groups in total. The van der Waals surface area contributed by atoms with Gasteiger partial charge in [-0.2, -0.15) is 0 Å². The normalized spacial score (nSPS) is 23.3. The molecule has 156 valence electrons. The van der Waals surface area contributed by atoms with Crippen molar-refractivity contribution in [2.24, 2.45) is 5.92 Å². The van der Waals surface area contributed by atoms with Gasteiger partial charge in [-0.25, -0.2) is 4.98 Å². The van der Waals surface area contributed by atoms with E-state index in [-0.39, 0.29) is 36.6 Å². The Labute approximate surface area is 172 Å². The van der Waals surface area contributed by atoms with Crippen molar-refractivity contribution in [2.45, 2.75) is 25.4 Å². The summed E-state index contributed by atoms with van der Waals surface area (Å²) in [5.74, 6) is -1.32. The number of benzene rings is 1. The number of aromatic amines is 1. The molecule has 2 saturated heterocycles. The Kier molecular flexibility index (Phi) is 5.11. The van der Waals surface area contributed by atoms with Gasteiger partial charge in [-0.15, -0.1) is 0 Å². The number of carbonyl (C=O) groups is 3. The predicted octanol–water partition coefficient (Wildman–Crippen LogP) is 0.666. The molecule has 2 amide bonds. The minimum absolute atomic E-state index is 0.107. The van der Waals surface area contributed by atoms with Gasteiger partial charge in [0.15, 0.2) is 0 Å². The van der Waals surface area contributed by atoms with Crippen molar-refractivity contribution in [1.82, 2.24) is 19.8 Å². The number of esters is 1. The molecule has 0 aliphatic carbocycles. The molecule has 9 nitrogen and oxygen atoms in total. The Morgan fingerprint density at radius 3 is 2.60 bits per heavy atom. The quantitative estimate of drug-likeness (QED) is 0.744. The Hall–Kier alpha value is -3.49. The third-order valence-corrected chi connectivity index (χ3v) is 5.73. The fourth-order valence-electron chi connectivity index (χ4n) is 4.42. The highest BCUT2D eigenvalue weighted by Crippen LogP contribution is 2.43. The first-order valence-electron chi connectivity index (χ1n) is 9.70. The maximum absolute atomic E-state index is 13.1. The highest BCUT2D eigenvalue weighted by atomic mass is 16.5. The van der Waals surface area contributed by atoms with Crippen LogP contribution in [0, 0.1) is 12.8 Å². The highest BCUT2D eigenvalue weighted by Gasteiger charge is 2.51. The van der Waals surface area contributed by atoms with Crippen molar-refractivity contribution in [1.29, 1.82) is 0 Å². The molecule has 2 aromatic rings. The zero-order chi connectivity index (χ0) is 21.4. The number of aryl methyl sites for hydroxylation is 1. The number of fused-ring (bicyclic) bond motifs is 1. The van der Waals surface area contributed by atoms with E-state index in [1.165, 1.54) is 18.2 Å². The summed E-state index contributed by atoms with van der Waals surface area (Å²) in [6.07, 6.45) is 1.61. The molecule has 0 radical (unpaired) electrons. The van der Waals surface area contributed by atoms with Gasteiger partial charge in [-0.3, -0.25) is 19.2 Å². The van der Waals surface area contributed by atoms with E-state index in [1.807, 2.05) is 30.3 Å². The van der Waals surface area contributed by atoms with Crippen LogP contribution >= 0.6 is 0 Å². The lowest BCUT2D eigenvalue weighted by Gasteiger charge is -2.40. The fraction of sp³-hybridized carbons (Fsp3) is 0.381. The Balaban J connectivity index is 1.64. The van der Waals surface area contributed by atoms with Gasteiger partial charge in [0, 0.05) is 12.7 Å². The fourth-order valence-corrected chi connectivity index (χ4v) is 4.42. The standard InChI is InChI=1S/C21H22N4O5/c1-12-22-9-16(19(27)23-12)20(28)24-10-14-8-15(21(29)30-2)18(25(14)17(26)11-24)13-6-4-3-5-7-13/h3-7,9,14-15,18H,8,10-11H2,1-2H3,(H,22,23,27)/t14-,15-,18-/m0/s1. The zero-order valence-electron chi connectivity index (χ0n) is 16.7. The molecule has 2 aliphatic rings. The average Bonchev–Trinajstić information content (AvgIpc) is 3.13. The van der Waals surface area contributed by atoms with E-state index >= 15 is 0 Å². The SMILES string of the molecule is COC(=O)[C@H]1C[C@H]2CN(C(=O)c3cnc(C)[nH]c3=O)CC(=O)N2[C@H]1c1ccccc1. The lowest BCUT2D eigenvalue weighted by Crippen LogP contribution is -2.56. The van der Waals surface area contributed by atoms with Crippen molar-refractivity contribution in [2.75, 3.05) is 20.2 Å². The summed E-state index contributed by atoms with van der Waals surface area (Å²) in [5, 5.41) is 0. The van der Waals surface area contributed by atoms with Crippen LogP contribution in [0.4, 0.5) is 0 Å². The smallest absolute Gasteiger partial charge is 0.311 e. The van der Waals surface area contributed by atoms with Crippen molar-refractivity contribution in [3.05, 3.63) is 63.8 Å². The lowest BCUT2D eigenvalue weighted by atomic mass is 9.93. The number of aromatic nitrogens is 2. The first kappa shape index (κ1) is 19.8. The molecule has 2 fully saturated rings. The average molecular weight is 410 g/mol. The molecule has 0 spiro atoms. The van der Waals surface area contributed by atoms with Crippen LogP contribution < -0.4 is 5.56 Å². The van der Waals surface area contributed by atoms with Gasteiger partial charge in [0.2, 0.25) is 5.91 Å². The maximum atomic E-state index is 13.1. The zero-order valence-corrected chi connectivity index (χ0v) is 16.7. The molecule has 4 rings (SSSR count). The van der Waals surface area contributed by atoms with Crippen LogP contribution in [-0.4, -0.2) is 63.8 Å². The predicted molar refractivity (Wildman–Crippen MR) is 105 cm³/mol. The number of piperazine rings is 1. The topological polar surface area (TPSA) is 113 Å². The van der Waals surface area contributed by atoms with Crippen LogP contribution in [0.2, 0.25) is 0 Å². The second-order valence-electron chi connectivity index (χ2n) is 7.57. The van der Waals surface area contributed by atoms with Gasteiger partial charge in [-0.05, 0) is 18.9 Å². The lowest BCUT2D eigenvalue weighted by molar-refractivity contribution is -0.147. The molecule has 1 aromatic heterocycles. The summed E-state index contributed by atoms with van der Waals surface area (Å²) in [7, 11) is 1.33. The summed E-state index contributed by atoms with van der Waals surface area (Å²) < 4.78 is 4.99. The van der Waals surface area contributed by atoms with E-state index in [0.717, 1.165) is 5.56 Å². The molecule has 3 heterocycles. The van der Waals surface area contributed by atoms with E-state index in [0.29, 0.717) is 12.2 Å². The summed E-state index contributed by atoms with van der Waals surface area (Å²) in [6.45, 7) is 1.68. The van der Waals surface area contributed by atoms with Crippen molar-refractivity contribution in [3.63, 3.8) is 0 Å². The second-order valence-corrected chi connectivity index (χ2v) is 7.57. The largest absolute Gasteiger partial charge is 0.469 e. The van der Waals surface area contributed by atoms with E-state index in [1.54, 1.807) is 11.8 Å². The Morgan fingerprint density at radius 2 is 1.93 bits per heavy atom. The third-order valence-electron chi connectivity index (χ3n) is 5.73. The van der Waals surface area contributed by atoms with E-state index < -0.39 is 23.4 Å². The minimum Gasteiger partial charge on any atom is -0.469 e. The van der Waals surface area contributed by atoms with Gasteiger partial charge >= 0.3 is 5.97 Å². The van der Waals surface area contributed by atoms with E-state index in [2.05, 4.69) is 9.97 Å². The Morgan fingerprint density at radius 1 is 1.20 bits per heavy atom. The number of nitrogens with one attached hydrogen (secondary N) is 1.